The monoisotopic (exact) mass is 389 g/mol. The number of aromatic amines is 1. The lowest BCUT2D eigenvalue weighted by molar-refractivity contribution is -0.157. The van der Waals surface area contributed by atoms with Gasteiger partial charge in [0.05, 0.1) is 23.2 Å². The molecule has 1 aliphatic rings. The lowest BCUT2D eigenvalue weighted by Crippen LogP contribution is -2.37. The van der Waals surface area contributed by atoms with Crippen molar-refractivity contribution in [3.63, 3.8) is 0 Å². The van der Waals surface area contributed by atoms with E-state index in [0.29, 0.717) is 24.4 Å². The van der Waals surface area contributed by atoms with E-state index < -0.39 is 18.1 Å². The van der Waals surface area contributed by atoms with Gasteiger partial charge in [-0.1, -0.05) is 11.2 Å². The predicted octanol–water partition coefficient (Wildman–Crippen LogP) is 2.92. The number of rotatable bonds is 2. The van der Waals surface area contributed by atoms with Crippen LogP contribution in [0.25, 0.3) is 5.52 Å². The highest BCUT2D eigenvalue weighted by molar-refractivity contribution is 5.52. The van der Waals surface area contributed by atoms with Crippen LogP contribution in [-0.2, 0) is 12.6 Å². The van der Waals surface area contributed by atoms with Crippen molar-refractivity contribution < 1.29 is 17.6 Å². The van der Waals surface area contributed by atoms with Gasteiger partial charge < -0.3 is 14.3 Å². The first-order chi connectivity index (χ1) is 13.4. The van der Waals surface area contributed by atoms with E-state index in [9.17, 15) is 13.2 Å². The molecule has 5 rings (SSSR count). The Bertz CT molecular complexity index is 1160. The highest BCUT2D eigenvalue weighted by Crippen LogP contribution is 2.38. The molecule has 0 amide bonds. The summed E-state index contributed by atoms with van der Waals surface area (Å²) in [6, 6.07) is 6.89. The minimum atomic E-state index is -4.70. The van der Waals surface area contributed by atoms with E-state index in [1.165, 1.54) is 0 Å². The lowest BCUT2D eigenvalue weighted by Gasteiger charge is -2.32. The molecule has 1 aliphatic heterocycles. The maximum absolute atomic E-state index is 12.9. The van der Waals surface area contributed by atoms with Crippen LogP contribution in [0.2, 0.25) is 0 Å². The maximum Gasteiger partial charge on any atom is 0.470 e. The first kappa shape index (κ1) is 16.8. The number of aromatic nitrogens is 6. The topological polar surface area (TPSA) is 88.1 Å². The molecule has 0 unspecified atom stereocenters. The highest BCUT2D eigenvalue weighted by atomic mass is 19.4. The van der Waals surface area contributed by atoms with Crippen molar-refractivity contribution >= 4 is 11.5 Å². The molecular weight excluding hydrogens is 375 g/mol. The Balaban J connectivity index is 1.64. The van der Waals surface area contributed by atoms with Crippen LogP contribution in [0.15, 0.2) is 35.0 Å². The number of pyridine rings is 1. The minimum absolute atomic E-state index is 0.209. The van der Waals surface area contributed by atoms with Gasteiger partial charge in [0, 0.05) is 24.4 Å². The Morgan fingerprint density at radius 1 is 1.25 bits per heavy atom. The van der Waals surface area contributed by atoms with E-state index in [1.54, 1.807) is 15.7 Å². The van der Waals surface area contributed by atoms with Gasteiger partial charge in [0.2, 0.25) is 0 Å². The summed E-state index contributed by atoms with van der Waals surface area (Å²) in [5, 5.41) is 11.4. The third kappa shape index (κ3) is 2.53. The van der Waals surface area contributed by atoms with E-state index in [2.05, 4.69) is 25.3 Å². The first-order valence-corrected chi connectivity index (χ1v) is 8.56. The summed E-state index contributed by atoms with van der Waals surface area (Å²) in [6.45, 7) is 2.31. The molecule has 4 aromatic rings. The molecule has 0 radical (unpaired) electrons. The molecule has 5 heterocycles. The molecule has 0 bridgehead atoms. The Morgan fingerprint density at radius 2 is 2.11 bits per heavy atom. The third-order valence-corrected chi connectivity index (χ3v) is 4.80. The number of imidazole rings is 1. The Morgan fingerprint density at radius 3 is 2.86 bits per heavy atom. The van der Waals surface area contributed by atoms with E-state index in [1.807, 2.05) is 31.2 Å². The van der Waals surface area contributed by atoms with Gasteiger partial charge in [-0.3, -0.25) is 0 Å². The SMILES string of the molecule is Cc1cccc2cc([C@@H]3c4nc[nH]c4CCN3c3nnc(C(F)(F)F)o3)nn12. The molecule has 1 atom stereocenters. The van der Waals surface area contributed by atoms with Crippen LogP contribution in [0.3, 0.4) is 0 Å². The van der Waals surface area contributed by atoms with Gasteiger partial charge in [-0.05, 0) is 25.1 Å². The standard InChI is InChI=1S/C17H14F3N7O/c1-9-3-2-4-10-7-12(25-27(9)10)14-13-11(21-8-22-13)5-6-26(14)16-24-23-15(28-16)17(18,19)20/h2-4,7-8,14H,5-6H2,1H3,(H,21,22)/t14-/m1/s1. The number of H-pyrrole nitrogens is 1. The second kappa shape index (κ2) is 5.81. The molecule has 11 heteroatoms. The number of hydrogen-bond donors (Lipinski definition) is 1. The summed E-state index contributed by atoms with van der Waals surface area (Å²) in [5.74, 6) is -1.38. The Labute approximate surface area is 156 Å². The van der Waals surface area contributed by atoms with Crippen LogP contribution in [0.5, 0.6) is 0 Å². The highest BCUT2D eigenvalue weighted by Gasteiger charge is 2.41. The van der Waals surface area contributed by atoms with E-state index in [-0.39, 0.29) is 6.01 Å². The fourth-order valence-corrected chi connectivity index (χ4v) is 3.53. The summed E-state index contributed by atoms with van der Waals surface area (Å²) in [6.07, 6.45) is -2.58. The van der Waals surface area contributed by atoms with Gasteiger partial charge in [0.1, 0.15) is 6.04 Å². The Kier molecular flexibility index (Phi) is 3.48. The molecule has 0 saturated carbocycles. The summed E-state index contributed by atoms with van der Waals surface area (Å²) >= 11 is 0. The second-order valence-corrected chi connectivity index (χ2v) is 6.57. The number of aryl methyl sites for hydroxylation is 1. The van der Waals surface area contributed by atoms with E-state index in [4.69, 9.17) is 4.42 Å². The first-order valence-electron chi connectivity index (χ1n) is 8.56. The zero-order chi connectivity index (χ0) is 19.5. The van der Waals surface area contributed by atoms with Crippen molar-refractivity contribution in [3.05, 3.63) is 59.3 Å². The van der Waals surface area contributed by atoms with Gasteiger partial charge in [0.15, 0.2) is 0 Å². The van der Waals surface area contributed by atoms with Crippen LogP contribution >= 0.6 is 0 Å². The summed E-state index contributed by atoms with van der Waals surface area (Å²) < 4.78 is 45.5. The fraction of sp³-hybridized carbons (Fsp3) is 0.294. The van der Waals surface area contributed by atoms with Crippen LogP contribution in [0, 0.1) is 6.92 Å². The normalized spacial score (nSPS) is 17.3. The van der Waals surface area contributed by atoms with Gasteiger partial charge >= 0.3 is 18.1 Å². The number of fused-ring (bicyclic) bond motifs is 2. The van der Waals surface area contributed by atoms with Crippen molar-refractivity contribution in [1.82, 2.24) is 29.8 Å². The number of hydrogen-bond acceptors (Lipinski definition) is 6. The molecular formula is C17H14F3N7O. The summed E-state index contributed by atoms with van der Waals surface area (Å²) in [7, 11) is 0. The molecule has 8 nitrogen and oxygen atoms in total. The molecule has 144 valence electrons. The minimum Gasteiger partial charge on any atom is -0.399 e. The average Bonchev–Trinajstić information content (AvgIpc) is 3.38. The van der Waals surface area contributed by atoms with Gasteiger partial charge in [-0.25, -0.2) is 9.50 Å². The van der Waals surface area contributed by atoms with Gasteiger partial charge in [0.25, 0.3) is 0 Å². The number of alkyl halides is 3. The van der Waals surface area contributed by atoms with Crippen LogP contribution in [0.4, 0.5) is 19.2 Å². The van der Waals surface area contributed by atoms with E-state index in [0.717, 1.165) is 16.9 Å². The van der Waals surface area contributed by atoms with Gasteiger partial charge in [-0.15, -0.1) is 5.10 Å². The molecule has 28 heavy (non-hydrogen) atoms. The lowest BCUT2D eigenvalue weighted by atomic mass is 10.0. The molecule has 1 N–H and O–H groups in total. The van der Waals surface area contributed by atoms with Crippen LogP contribution < -0.4 is 4.90 Å². The number of nitrogens with zero attached hydrogens (tertiary/aromatic N) is 6. The van der Waals surface area contributed by atoms with Gasteiger partial charge in [-0.2, -0.15) is 18.3 Å². The van der Waals surface area contributed by atoms with Crippen LogP contribution in [-0.4, -0.2) is 36.3 Å². The van der Waals surface area contributed by atoms with E-state index >= 15 is 0 Å². The average molecular weight is 389 g/mol. The van der Waals surface area contributed by atoms with Crippen molar-refractivity contribution in [2.75, 3.05) is 11.4 Å². The summed E-state index contributed by atoms with van der Waals surface area (Å²) in [5.41, 5.74) is 4.03. The van der Waals surface area contributed by atoms with Crippen molar-refractivity contribution in [2.45, 2.75) is 25.6 Å². The zero-order valence-corrected chi connectivity index (χ0v) is 14.6. The number of nitrogens with one attached hydrogen (secondary N) is 1. The fourth-order valence-electron chi connectivity index (χ4n) is 3.53. The predicted molar refractivity (Wildman–Crippen MR) is 90.7 cm³/mol. The second-order valence-electron chi connectivity index (χ2n) is 6.57. The van der Waals surface area contributed by atoms with Crippen LogP contribution in [0.1, 0.15) is 34.7 Å². The quantitative estimate of drug-likeness (QED) is 0.567. The summed E-state index contributed by atoms with van der Waals surface area (Å²) in [4.78, 5) is 9.08. The smallest absolute Gasteiger partial charge is 0.399 e. The number of anilines is 1. The van der Waals surface area contributed by atoms with Crippen molar-refractivity contribution in [3.8, 4) is 0 Å². The largest absolute Gasteiger partial charge is 0.470 e. The molecule has 0 saturated heterocycles. The molecule has 0 spiro atoms. The molecule has 0 fully saturated rings. The maximum atomic E-state index is 12.9. The zero-order valence-electron chi connectivity index (χ0n) is 14.6. The molecule has 0 aliphatic carbocycles. The van der Waals surface area contributed by atoms with Crippen molar-refractivity contribution in [1.29, 1.82) is 0 Å². The third-order valence-electron chi connectivity index (χ3n) is 4.80. The Hall–Kier alpha value is -3.37. The molecule has 4 aromatic heterocycles. The van der Waals surface area contributed by atoms with Crippen molar-refractivity contribution in [2.24, 2.45) is 0 Å². The molecule has 0 aromatic carbocycles. The number of halogens is 3.